The Kier molecular flexibility index (Phi) is 3.25. The maximum atomic E-state index is 10.7. The van der Waals surface area contributed by atoms with Gasteiger partial charge in [0.1, 0.15) is 0 Å². The Labute approximate surface area is 80.5 Å². The van der Waals surface area contributed by atoms with Crippen LogP contribution in [-0.2, 0) is 0 Å². The molecule has 0 N–H and O–H groups in total. The second-order valence-electron chi connectivity index (χ2n) is 2.47. The predicted molar refractivity (Wildman–Crippen MR) is 52.0 cm³/mol. The fourth-order valence-electron chi connectivity index (χ4n) is 0.990. The minimum atomic E-state index is -0.375. The number of hydrogen-bond donors (Lipinski definition) is 0. The van der Waals surface area contributed by atoms with Crippen LogP contribution in [0.5, 0.6) is 0 Å². The molecule has 1 rings (SSSR count). The number of thioether (sulfide) groups is 1. The van der Waals surface area contributed by atoms with Gasteiger partial charge in [0.2, 0.25) is 0 Å². The standard InChI is InChI=1S/C8H10N2O2S/c1-3-13-8-7(10(11)12)6(2)4-5-9-8/h4-5H,3H2,1-2H3. The van der Waals surface area contributed by atoms with E-state index in [-0.39, 0.29) is 10.6 Å². The zero-order valence-corrected chi connectivity index (χ0v) is 8.30. The molecule has 0 aromatic carbocycles. The molecule has 13 heavy (non-hydrogen) atoms. The number of aromatic nitrogens is 1. The Morgan fingerprint density at radius 3 is 2.92 bits per heavy atom. The van der Waals surface area contributed by atoms with Crippen LogP contribution in [-0.4, -0.2) is 15.7 Å². The molecule has 1 aromatic heterocycles. The van der Waals surface area contributed by atoms with E-state index in [0.717, 1.165) is 5.75 Å². The van der Waals surface area contributed by atoms with Crippen molar-refractivity contribution in [3.8, 4) is 0 Å². The molecule has 4 nitrogen and oxygen atoms in total. The van der Waals surface area contributed by atoms with Crippen LogP contribution < -0.4 is 0 Å². The average molecular weight is 198 g/mol. The van der Waals surface area contributed by atoms with Gasteiger partial charge < -0.3 is 0 Å². The van der Waals surface area contributed by atoms with Crippen molar-refractivity contribution in [1.29, 1.82) is 0 Å². The zero-order valence-electron chi connectivity index (χ0n) is 7.48. The first-order valence-corrected chi connectivity index (χ1v) is 4.88. The number of pyridine rings is 1. The monoisotopic (exact) mass is 198 g/mol. The summed E-state index contributed by atoms with van der Waals surface area (Å²) in [5.74, 6) is 0.789. The average Bonchev–Trinajstić information content (AvgIpc) is 2.04. The molecule has 0 saturated heterocycles. The van der Waals surface area contributed by atoms with E-state index in [2.05, 4.69) is 4.98 Å². The van der Waals surface area contributed by atoms with Crippen LogP contribution in [0, 0.1) is 17.0 Å². The second kappa shape index (κ2) is 4.23. The molecular formula is C8H10N2O2S. The van der Waals surface area contributed by atoms with Gasteiger partial charge in [-0.05, 0) is 18.7 Å². The Hall–Kier alpha value is -1.10. The third kappa shape index (κ3) is 2.18. The second-order valence-corrected chi connectivity index (χ2v) is 3.72. The van der Waals surface area contributed by atoms with Crippen molar-refractivity contribution in [3.05, 3.63) is 27.9 Å². The maximum Gasteiger partial charge on any atom is 0.304 e. The minimum Gasteiger partial charge on any atom is -0.258 e. The lowest BCUT2D eigenvalue weighted by Gasteiger charge is -2.01. The van der Waals surface area contributed by atoms with Crippen molar-refractivity contribution in [2.45, 2.75) is 18.9 Å². The van der Waals surface area contributed by atoms with Gasteiger partial charge in [-0.2, -0.15) is 0 Å². The molecule has 5 heteroatoms. The Morgan fingerprint density at radius 2 is 2.38 bits per heavy atom. The fraction of sp³-hybridized carbons (Fsp3) is 0.375. The van der Waals surface area contributed by atoms with Crippen LogP contribution >= 0.6 is 11.8 Å². The first-order valence-electron chi connectivity index (χ1n) is 3.89. The summed E-state index contributed by atoms with van der Waals surface area (Å²) >= 11 is 1.39. The number of nitrogens with zero attached hydrogens (tertiary/aromatic N) is 2. The maximum absolute atomic E-state index is 10.7. The summed E-state index contributed by atoms with van der Waals surface area (Å²) in [7, 11) is 0. The lowest BCUT2D eigenvalue weighted by atomic mass is 10.3. The van der Waals surface area contributed by atoms with E-state index in [1.165, 1.54) is 11.8 Å². The van der Waals surface area contributed by atoms with E-state index >= 15 is 0 Å². The molecule has 0 aliphatic carbocycles. The lowest BCUT2D eigenvalue weighted by molar-refractivity contribution is -0.388. The van der Waals surface area contributed by atoms with E-state index in [0.29, 0.717) is 10.6 Å². The molecule has 0 bridgehead atoms. The summed E-state index contributed by atoms with van der Waals surface area (Å²) in [4.78, 5) is 14.3. The number of rotatable bonds is 3. The normalized spacial score (nSPS) is 10.0. The van der Waals surface area contributed by atoms with E-state index < -0.39 is 0 Å². The molecule has 0 aliphatic rings. The molecule has 0 unspecified atom stereocenters. The molecule has 0 radical (unpaired) electrons. The van der Waals surface area contributed by atoms with E-state index in [1.807, 2.05) is 6.92 Å². The van der Waals surface area contributed by atoms with Gasteiger partial charge in [-0.1, -0.05) is 18.7 Å². The quantitative estimate of drug-likeness (QED) is 0.425. The number of nitro groups is 1. The van der Waals surface area contributed by atoms with Crippen LogP contribution in [0.15, 0.2) is 17.3 Å². The molecule has 0 aliphatic heterocycles. The fourth-order valence-corrected chi connectivity index (χ4v) is 1.77. The first-order chi connectivity index (χ1) is 6.16. The third-order valence-corrected chi connectivity index (χ3v) is 2.42. The van der Waals surface area contributed by atoms with Crippen molar-refractivity contribution in [3.63, 3.8) is 0 Å². The largest absolute Gasteiger partial charge is 0.304 e. The van der Waals surface area contributed by atoms with E-state index in [1.54, 1.807) is 19.2 Å². The van der Waals surface area contributed by atoms with Crippen LogP contribution in [0.2, 0.25) is 0 Å². The molecule has 70 valence electrons. The Bertz CT molecular complexity index is 328. The van der Waals surface area contributed by atoms with Crippen LogP contribution in [0.25, 0.3) is 0 Å². The number of hydrogen-bond acceptors (Lipinski definition) is 4. The Morgan fingerprint density at radius 1 is 1.69 bits per heavy atom. The highest BCUT2D eigenvalue weighted by Crippen LogP contribution is 2.29. The van der Waals surface area contributed by atoms with Gasteiger partial charge in [0.15, 0.2) is 5.03 Å². The van der Waals surface area contributed by atoms with Crippen molar-refractivity contribution in [1.82, 2.24) is 4.98 Å². The molecule has 1 heterocycles. The summed E-state index contributed by atoms with van der Waals surface area (Å²) in [6.07, 6.45) is 1.60. The third-order valence-electron chi connectivity index (χ3n) is 1.56. The van der Waals surface area contributed by atoms with Gasteiger partial charge in [-0.3, -0.25) is 10.1 Å². The van der Waals surface area contributed by atoms with Crippen molar-refractivity contribution in [2.24, 2.45) is 0 Å². The molecule has 1 aromatic rings. The summed E-state index contributed by atoms with van der Waals surface area (Å²) in [5.41, 5.74) is 0.797. The highest BCUT2D eigenvalue weighted by molar-refractivity contribution is 7.99. The Balaban J connectivity index is 3.17. The number of aryl methyl sites for hydroxylation is 1. The summed E-state index contributed by atoms with van der Waals surface area (Å²) in [6, 6.07) is 1.65. The van der Waals surface area contributed by atoms with Gasteiger partial charge in [-0.25, -0.2) is 4.98 Å². The van der Waals surface area contributed by atoms with Crippen LogP contribution in [0.3, 0.4) is 0 Å². The van der Waals surface area contributed by atoms with Crippen LogP contribution in [0.4, 0.5) is 5.69 Å². The SMILES string of the molecule is CCSc1nccc(C)c1[N+](=O)[O-]. The minimum absolute atomic E-state index is 0.134. The lowest BCUT2D eigenvalue weighted by Crippen LogP contribution is -1.96. The summed E-state index contributed by atoms with van der Waals surface area (Å²) in [5, 5.41) is 11.2. The summed E-state index contributed by atoms with van der Waals surface area (Å²) in [6.45, 7) is 3.66. The summed E-state index contributed by atoms with van der Waals surface area (Å²) < 4.78 is 0. The van der Waals surface area contributed by atoms with E-state index in [9.17, 15) is 10.1 Å². The molecular weight excluding hydrogens is 188 g/mol. The van der Waals surface area contributed by atoms with Crippen molar-refractivity contribution in [2.75, 3.05) is 5.75 Å². The predicted octanol–water partition coefficient (Wildman–Crippen LogP) is 2.41. The van der Waals surface area contributed by atoms with E-state index in [4.69, 9.17) is 0 Å². The molecule has 0 amide bonds. The van der Waals surface area contributed by atoms with Crippen LogP contribution in [0.1, 0.15) is 12.5 Å². The topological polar surface area (TPSA) is 56.0 Å². The van der Waals surface area contributed by atoms with Gasteiger partial charge in [0.05, 0.1) is 4.92 Å². The van der Waals surface area contributed by atoms with Gasteiger partial charge in [0, 0.05) is 11.8 Å². The van der Waals surface area contributed by atoms with Gasteiger partial charge >= 0.3 is 5.69 Å². The van der Waals surface area contributed by atoms with Crippen molar-refractivity contribution < 1.29 is 4.92 Å². The smallest absolute Gasteiger partial charge is 0.258 e. The highest BCUT2D eigenvalue weighted by atomic mass is 32.2. The first kappa shape index (κ1) is 9.98. The molecule has 0 saturated carbocycles. The molecule has 0 fully saturated rings. The van der Waals surface area contributed by atoms with Crippen molar-refractivity contribution >= 4 is 17.4 Å². The molecule has 0 spiro atoms. The van der Waals surface area contributed by atoms with Gasteiger partial charge in [0.25, 0.3) is 0 Å². The zero-order chi connectivity index (χ0) is 9.84. The highest BCUT2D eigenvalue weighted by Gasteiger charge is 2.17. The van der Waals surface area contributed by atoms with Gasteiger partial charge in [-0.15, -0.1) is 0 Å². The molecule has 0 atom stereocenters.